The van der Waals surface area contributed by atoms with E-state index >= 15 is 0 Å². The molecule has 1 aliphatic rings. The Balaban J connectivity index is 1.49. The van der Waals surface area contributed by atoms with Crippen molar-refractivity contribution in [2.24, 2.45) is 0 Å². The van der Waals surface area contributed by atoms with E-state index in [4.69, 9.17) is 0 Å². The summed E-state index contributed by atoms with van der Waals surface area (Å²) >= 11 is 0. The van der Waals surface area contributed by atoms with E-state index < -0.39 is 0 Å². The number of hydrogen-bond donors (Lipinski definition) is 1. The number of hydrogen-bond acceptors (Lipinski definition) is 4. The molecule has 1 fully saturated rings. The lowest BCUT2D eigenvalue weighted by Gasteiger charge is -2.34. The molecule has 23 heavy (non-hydrogen) atoms. The van der Waals surface area contributed by atoms with Crippen LogP contribution in [0.1, 0.15) is 15.9 Å². The Labute approximate surface area is 137 Å². The minimum Gasteiger partial charge on any atom is -0.507 e. The zero-order valence-electron chi connectivity index (χ0n) is 13.2. The van der Waals surface area contributed by atoms with Crippen LogP contribution in [0.15, 0.2) is 54.6 Å². The van der Waals surface area contributed by atoms with Gasteiger partial charge in [-0.05, 0) is 17.7 Å². The van der Waals surface area contributed by atoms with Crippen molar-refractivity contribution in [2.75, 3.05) is 32.7 Å². The number of ketones is 1. The molecule has 1 N–H and O–H groups in total. The number of aromatic hydroxyl groups is 1. The van der Waals surface area contributed by atoms with Crippen LogP contribution in [0.4, 0.5) is 0 Å². The summed E-state index contributed by atoms with van der Waals surface area (Å²) in [6, 6.07) is 17.2. The lowest BCUT2D eigenvalue weighted by Crippen LogP contribution is -2.47. The number of benzene rings is 2. The van der Waals surface area contributed by atoms with Crippen molar-refractivity contribution in [3.05, 3.63) is 65.7 Å². The number of phenols is 1. The molecular weight excluding hydrogens is 288 g/mol. The molecule has 4 nitrogen and oxygen atoms in total. The second kappa shape index (κ2) is 7.40. The maximum atomic E-state index is 12.3. The van der Waals surface area contributed by atoms with Gasteiger partial charge >= 0.3 is 0 Å². The van der Waals surface area contributed by atoms with Gasteiger partial charge in [0.05, 0.1) is 12.1 Å². The highest BCUT2D eigenvalue weighted by molar-refractivity contribution is 5.99. The number of nitrogens with zero attached hydrogens (tertiary/aromatic N) is 2. The molecule has 3 rings (SSSR count). The van der Waals surface area contributed by atoms with Gasteiger partial charge in [0.2, 0.25) is 0 Å². The van der Waals surface area contributed by atoms with Gasteiger partial charge in [-0.3, -0.25) is 14.6 Å². The summed E-state index contributed by atoms with van der Waals surface area (Å²) in [4.78, 5) is 16.9. The van der Waals surface area contributed by atoms with Gasteiger partial charge in [-0.1, -0.05) is 42.5 Å². The molecule has 0 bridgehead atoms. The first-order valence-corrected chi connectivity index (χ1v) is 8.02. The van der Waals surface area contributed by atoms with Crippen LogP contribution in [-0.4, -0.2) is 53.4 Å². The number of phenolic OH excluding ortho intramolecular Hbond substituents is 1. The largest absolute Gasteiger partial charge is 0.507 e. The van der Waals surface area contributed by atoms with E-state index in [1.165, 1.54) is 5.56 Å². The topological polar surface area (TPSA) is 43.8 Å². The van der Waals surface area contributed by atoms with Crippen LogP contribution in [0.25, 0.3) is 0 Å². The molecule has 1 heterocycles. The second-order valence-corrected chi connectivity index (χ2v) is 5.98. The van der Waals surface area contributed by atoms with Gasteiger partial charge in [-0.15, -0.1) is 0 Å². The Bertz CT molecular complexity index is 649. The van der Waals surface area contributed by atoms with Crippen molar-refractivity contribution in [2.45, 2.75) is 6.54 Å². The van der Waals surface area contributed by atoms with E-state index in [2.05, 4.69) is 34.1 Å². The van der Waals surface area contributed by atoms with Crippen LogP contribution in [0.3, 0.4) is 0 Å². The summed E-state index contributed by atoms with van der Waals surface area (Å²) in [6.07, 6.45) is 0. The van der Waals surface area contributed by atoms with Gasteiger partial charge in [-0.25, -0.2) is 0 Å². The molecule has 0 aromatic heterocycles. The molecule has 0 amide bonds. The number of para-hydroxylation sites is 1. The van der Waals surface area contributed by atoms with Crippen molar-refractivity contribution in [1.29, 1.82) is 0 Å². The smallest absolute Gasteiger partial charge is 0.180 e. The molecule has 0 atom stereocenters. The Morgan fingerprint density at radius 2 is 1.48 bits per heavy atom. The van der Waals surface area contributed by atoms with Crippen molar-refractivity contribution < 1.29 is 9.90 Å². The van der Waals surface area contributed by atoms with Gasteiger partial charge in [0.25, 0.3) is 0 Å². The molecule has 0 radical (unpaired) electrons. The fraction of sp³-hybridized carbons (Fsp3) is 0.316. The average Bonchev–Trinajstić information content (AvgIpc) is 2.58. The number of carbonyl (C=O) groups is 1. The average molecular weight is 310 g/mol. The lowest BCUT2D eigenvalue weighted by atomic mass is 10.1. The van der Waals surface area contributed by atoms with Crippen molar-refractivity contribution in [3.8, 4) is 5.75 Å². The first kappa shape index (κ1) is 15.7. The highest BCUT2D eigenvalue weighted by Gasteiger charge is 2.20. The molecule has 1 aliphatic heterocycles. The Kier molecular flexibility index (Phi) is 5.05. The van der Waals surface area contributed by atoms with Gasteiger partial charge in [0, 0.05) is 32.7 Å². The summed E-state index contributed by atoms with van der Waals surface area (Å²) in [5.41, 5.74) is 1.74. The van der Waals surface area contributed by atoms with E-state index in [-0.39, 0.29) is 11.5 Å². The standard InChI is InChI=1S/C19H22N2O2/c22-18-9-5-4-8-17(18)19(23)15-21-12-10-20(11-13-21)14-16-6-2-1-3-7-16/h1-9,22H,10-15H2. The molecule has 2 aromatic carbocycles. The third-order valence-electron chi connectivity index (χ3n) is 4.29. The highest BCUT2D eigenvalue weighted by Crippen LogP contribution is 2.17. The molecule has 2 aromatic rings. The maximum Gasteiger partial charge on any atom is 0.180 e. The van der Waals surface area contributed by atoms with E-state index in [9.17, 15) is 9.90 Å². The summed E-state index contributed by atoms with van der Waals surface area (Å²) in [5, 5.41) is 9.77. The van der Waals surface area contributed by atoms with Gasteiger partial charge < -0.3 is 5.11 Å². The van der Waals surface area contributed by atoms with Crippen LogP contribution >= 0.6 is 0 Å². The van der Waals surface area contributed by atoms with E-state index in [0.29, 0.717) is 12.1 Å². The van der Waals surface area contributed by atoms with Gasteiger partial charge in [0.1, 0.15) is 5.75 Å². The summed E-state index contributed by atoms with van der Waals surface area (Å²) in [5.74, 6) is 0.0554. The van der Waals surface area contributed by atoms with Crippen LogP contribution in [0.5, 0.6) is 5.75 Å². The first-order valence-electron chi connectivity index (χ1n) is 8.02. The van der Waals surface area contributed by atoms with Crippen molar-refractivity contribution in [1.82, 2.24) is 9.80 Å². The van der Waals surface area contributed by atoms with Gasteiger partial charge in [0.15, 0.2) is 5.78 Å². The zero-order valence-corrected chi connectivity index (χ0v) is 13.2. The Hall–Kier alpha value is -2.17. The van der Waals surface area contributed by atoms with Crippen molar-refractivity contribution >= 4 is 5.78 Å². The van der Waals surface area contributed by atoms with E-state index in [1.807, 2.05) is 6.07 Å². The fourth-order valence-electron chi connectivity index (χ4n) is 2.94. The van der Waals surface area contributed by atoms with Gasteiger partial charge in [-0.2, -0.15) is 0 Å². The Morgan fingerprint density at radius 3 is 2.17 bits per heavy atom. The minimum absolute atomic E-state index is 0.0143. The molecule has 1 saturated heterocycles. The summed E-state index contributed by atoms with van der Waals surface area (Å²) in [7, 11) is 0. The van der Waals surface area contributed by atoms with Crippen LogP contribution in [0.2, 0.25) is 0 Å². The molecule has 0 aliphatic carbocycles. The number of rotatable bonds is 5. The summed E-state index contributed by atoms with van der Waals surface area (Å²) < 4.78 is 0. The molecule has 0 spiro atoms. The quantitative estimate of drug-likeness (QED) is 0.861. The normalized spacial score (nSPS) is 16.3. The molecular formula is C19H22N2O2. The first-order chi connectivity index (χ1) is 11.2. The predicted molar refractivity (Wildman–Crippen MR) is 90.6 cm³/mol. The number of Topliss-reactive ketones (excluding diaryl/α,β-unsaturated/α-hetero) is 1. The lowest BCUT2D eigenvalue weighted by molar-refractivity contribution is 0.0841. The predicted octanol–water partition coefficient (Wildman–Crippen LogP) is 2.39. The monoisotopic (exact) mass is 310 g/mol. The van der Waals surface area contributed by atoms with Crippen molar-refractivity contribution in [3.63, 3.8) is 0 Å². The van der Waals surface area contributed by atoms with Crippen LogP contribution in [0, 0.1) is 0 Å². The molecule has 120 valence electrons. The third-order valence-corrected chi connectivity index (χ3v) is 4.29. The number of piperazine rings is 1. The van der Waals surface area contributed by atoms with Crippen LogP contribution < -0.4 is 0 Å². The summed E-state index contributed by atoms with van der Waals surface area (Å²) in [6.45, 7) is 5.02. The zero-order chi connectivity index (χ0) is 16.1. The highest BCUT2D eigenvalue weighted by atomic mass is 16.3. The minimum atomic E-state index is -0.0143. The SMILES string of the molecule is O=C(CN1CCN(Cc2ccccc2)CC1)c1ccccc1O. The van der Waals surface area contributed by atoms with E-state index in [1.54, 1.807) is 24.3 Å². The second-order valence-electron chi connectivity index (χ2n) is 5.98. The molecule has 0 saturated carbocycles. The molecule has 4 heteroatoms. The Morgan fingerprint density at radius 1 is 0.870 bits per heavy atom. The molecule has 0 unspecified atom stereocenters. The van der Waals surface area contributed by atoms with Crippen LogP contribution in [-0.2, 0) is 6.54 Å². The fourth-order valence-corrected chi connectivity index (χ4v) is 2.94. The van der Waals surface area contributed by atoms with E-state index in [0.717, 1.165) is 32.7 Å². The maximum absolute atomic E-state index is 12.3. The third kappa shape index (κ3) is 4.18. The number of carbonyl (C=O) groups excluding carboxylic acids is 1.